The van der Waals surface area contributed by atoms with Crippen molar-refractivity contribution in [2.75, 3.05) is 13.2 Å². The maximum Gasteiger partial charge on any atom is 0.305 e. The van der Waals surface area contributed by atoms with E-state index in [0.29, 0.717) is 37.6 Å². The normalized spacial score (nSPS) is 10.3. The molecule has 2 aromatic carbocycles. The number of benzene rings is 2. The minimum absolute atomic E-state index is 0.139. The highest BCUT2D eigenvalue weighted by atomic mass is 16.5. The first-order valence-corrected chi connectivity index (χ1v) is 9.27. The van der Waals surface area contributed by atoms with Crippen LogP contribution < -0.4 is 9.47 Å². The molecule has 144 valence electrons. The fourth-order valence-electron chi connectivity index (χ4n) is 2.57. The van der Waals surface area contributed by atoms with Crippen molar-refractivity contribution in [3.8, 4) is 11.5 Å². The first-order chi connectivity index (χ1) is 13.2. The number of para-hydroxylation sites is 1. The second-order valence-corrected chi connectivity index (χ2v) is 6.05. The summed E-state index contributed by atoms with van der Waals surface area (Å²) in [4.78, 5) is 22.1. The largest absolute Gasteiger partial charge is 0.493 e. The smallest absolute Gasteiger partial charge is 0.305 e. The highest BCUT2D eigenvalue weighted by molar-refractivity contribution is 5.75. The molecule has 0 saturated carbocycles. The molecular weight excluding hydrogens is 344 g/mol. The van der Waals surface area contributed by atoms with Gasteiger partial charge in [0.1, 0.15) is 24.4 Å². The summed E-state index contributed by atoms with van der Waals surface area (Å²) in [6.07, 6.45) is 3.84. The zero-order chi connectivity index (χ0) is 19.3. The summed E-state index contributed by atoms with van der Waals surface area (Å²) in [6, 6.07) is 14.8. The van der Waals surface area contributed by atoms with Crippen LogP contribution in [0.25, 0.3) is 0 Å². The van der Waals surface area contributed by atoms with Crippen LogP contribution >= 0.6 is 0 Å². The summed E-state index contributed by atoms with van der Waals surface area (Å²) >= 11 is 0. The molecule has 0 aromatic heterocycles. The third-order valence-electron chi connectivity index (χ3n) is 3.95. The maximum atomic E-state index is 11.3. The highest BCUT2D eigenvalue weighted by Gasteiger charge is 2.05. The summed E-state index contributed by atoms with van der Waals surface area (Å²) in [6.45, 7) is 3.19. The third kappa shape index (κ3) is 7.52. The molecule has 0 radical (unpaired) electrons. The van der Waals surface area contributed by atoms with E-state index in [-0.39, 0.29) is 5.97 Å². The molecule has 0 spiro atoms. The molecule has 0 N–H and O–H groups in total. The highest BCUT2D eigenvalue weighted by Crippen LogP contribution is 2.21. The van der Waals surface area contributed by atoms with Crippen molar-refractivity contribution in [3.05, 3.63) is 59.7 Å². The van der Waals surface area contributed by atoms with Crippen LogP contribution in [0.15, 0.2) is 48.5 Å². The van der Waals surface area contributed by atoms with Crippen molar-refractivity contribution in [2.45, 2.75) is 39.2 Å². The number of ether oxygens (including phenoxy) is 3. The van der Waals surface area contributed by atoms with E-state index >= 15 is 0 Å². The Kier molecular flexibility index (Phi) is 8.90. The lowest BCUT2D eigenvalue weighted by Gasteiger charge is -2.12. The number of carbonyl (C=O) groups excluding carboxylic acids is 2. The van der Waals surface area contributed by atoms with Gasteiger partial charge in [0.25, 0.3) is 0 Å². The number of unbranched alkanes of at least 4 members (excludes halogenated alkanes) is 2. The molecule has 0 aliphatic rings. The van der Waals surface area contributed by atoms with E-state index in [4.69, 9.17) is 14.2 Å². The molecule has 0 aliphatic heterocycles. The predicted molar refractivity (Wildman–Crippen MR) is 103 cm³/mol. The van der Waals surface area contributed by atoms with Crippen molar-refractivity contribution in [2.24, 2.45) is 0 Å². The maximum absolute atomic E-state index is 11.3. The number of aldehydes is 1. The lowest BCUT2D eigenvalue weighted by atomic mass is 10.2. The van der Waals surface area contributed by atoms with Gasteiger partial charge in [-0.3, -0.25) is 9.59 Å². The minimum atomic E-state index is -0.139. The van der Waals surface area contributed by atoms with Gasteiger partial charge in [0, 0.05) is 17.5 Å². The fraction of sp³-hybridized carbons (Fsp3) is 0.364. The zero-order valence-corrected chi connectivity index (χ0v) is 15.7. The molecule has 0 fully saturated rings. The quantitative estimate of drug-likeness (QED) is 0.311. The summed E-state index contributed by atoms with van der Waals surface area (Å²) in [5.41, 5.74) is 1.53. The number of rotatable bonds is 12. The van der Waals surface area contributed by atoms with Crippen molar-refractivity contribution in [1.82, 2.24) is 0 Å². The average molecular weight is 370 g/mol. The summed E-state index contributed by atoms with van der Waals surface area (Å²) < 4.78 is 16.6. The molecule has 5 heteroatoms. The number of esters is 1. The minimum Gasteiger partial charge on any atom is -0.493 e. The van der Waals surface area contributed by atoms with Crippen LogP contribution in [0.4, 0.5) is 0 Å². The number of hydrogen-bond acceptors (Lipinski definition) is 5. The van der Waals surface area contributed by atoms with Crippen LogP contribution in [-0.2, 0) is 16.1 Å². The summed E-state index contributed by atoms with van der Waals surface area (Å²) in [5, 5.41) is 0. The molecule has 0 atom stereocenters. The average Bonchev–Trinajstić information content (AvgIpc) is 2.70. The molecule has 0 heterocycles. The van der Waals surface area contributed by atoms with Gasteiger partial charge in [-0.25, -0.2) is 0 Å². The summed E-state index contributed by atoms with van der Waals surface area (Å²) in [5.74, 6) is 1.29. The van der Waals surface area contributed by atoms with Crippen LogP contribution in [0.3, 0.4) is 0 Å². The van der Waals surface area contributed by atoms with E-state index in [1.54, 1.807) is 18.2 Å². The van der Waals surface area contributed by atoms with E-state index in [0.717, 1.165) is 36.9 Å². The van der Waals surface area contributed by atoms with Gasteiger partial charge in [-0.05, 0) is 44.4 Å². The number of hydrogen-bond donors (Lipinski definition) is 0. The van der Waals surface area contributed by atoms with Gasteiger partial charge < -0.3 is 14.2 Å². The van der Waals surface area contributed by atoms with E-state index in [1.807, 2.05) is 37.3 Å². The van der Waals surface area contributed by atoms with Crippen molar-refractivity contribution >= 4 is 12.3 Å². The van der Waals surface area contributed by atoms with Crippen LogP contribution in [0.1, 0.15) is 48.5 Å². The molecule has 2 rings (SSSR count). The van der Waals surface area contributed by atoms with Gasteiger partial charge in [0.05, 0.1) is 13.2 Å². The van der Waals surface area contributed by atoms with Gasteiger partial charge in [0.15, 0.2) is 0 Å². The van der Waals surface area contributed by atoms with Gasteiger partial charge in [-0.2, -0.15) is 0 Å². The Labute approximate surface area is 160 Å². The molecule has 2 aromatic rings. The fourth-order valence-corrected chi connectivity index (χ4v) is 2.57. The van der Waals surface area contributed by atoms with E-state index in [1.165, 1.54) is 0 Å². The molecule has 5 nitrogen and oxygen atoms in total. The lowest BCUT2D eigenvalue weighted by molar-refractivity contribution is -0.143. The lowest BCUT2D eigenvalue weighted by Crippen LogP contribution is -2.05. The Morgan fingerprint density at radius 3 is 2.67 bits per heavy atom. The van der Waals surface area contributed by atoms with Gasteiger partial charge in [-0.15, -0.1) is 0 Å². The topological polar surface area (TPSA) is 61.8 Å². The third-order valence-corrected chi connectivity index (χ3v) is 3.95. The monoisotopic (exact) mass is 370 g/mol. The Hall–Kier alpha value is -2.82. The molecule has 0 aliphatic carbocycles. The molecule has 0 amide bonds. The molecule has 0 bridgehead atoms. The van der Waals surface area contributed by atoms with Crippen LogP contribution in [0, 0.1) is 0 Å². The second kappa shape index (κ2) is 11.7. The van der Waals surface area contributed by atoms with Crippen LogP contribution in [0.2, 0.25) is 0 Å². The number of carbonyl (C=O) groups is 2. The van der Waals surface area contributed by atoms with Gasteiger partial charge in [-0.1, -0.05) is 30.3 Å². The van der Waals surface area contributed by atoms with Gasteiger partial charge in [0.2, 0.25) is 0 Å². The molecular formula is C22H26O5. The standard InChI is InChI=1S/C22H26O5/c1-2-25-22(24)13-4-3-7-14-26-21-12-6-5-10-19(21)17-27-20-11-8-9-18(15-20)16-23/h5-6,8-12,15-16H,2-4,7,13-14,17H2,1H3. The summed E-state index contributed by atoms with van der Waals surface area (Å²) in [7, 11) is 0. The van der Waals surface area contributed by atoms with Gasteiger partial charge >= 0.3 is 5.97 Å². The van der Waals surface area contributed by atoms with Crippen LogP contribution in [-0.4, -0.2) is 25.5 Å². The van der Waals surface area contributed by atoms with E-state index < -0.39 is 0 Å². The Morgan fingerprint density at radius 2 is 1.85 bits per heavy atom. The molecule has 0 unspecified atom stereocenters. The first-order valence-electron chi connectivity index (χ1n) is 9.27. The first kappa shape index (κ1) is 20.5. The van der Waals surface area contributed by atoms with Crippen molar-refractivity contribution in [3.63, 3.8) is 0 Å². The molecule has 27 heavy (non-hydrogen) atoms. The molecule has 0 saturated heterocycles. The van der Waals surface area contributed by atoms with E-state index in [2.05, 4.69) is 0 Å². The van der Waals surface area contributed by atoms with Crippen molar-refractivity contribution < 1.29 is 23.8 Å². The second-order valence-electron chi connectivity index (χ2n) is 6.05. The Bertz CT molecular complexity index is 726. The van der Waals surface area contributed by atoms with Crippen molar-refractivity contribution in [1.29, 1.82) is 0 Å². The Morgan fingerprint density at radius 1 is 1.00 bits per heavy atom. The SMILES string of the molecule is CCOC(=O)CCCCCOc1ccccc1COc1cccc(C=O)c1. The van der Waals surface area contributed by atoms with Crippen LogP contribution in [0.5, 0.6) is 11.5 Å². The van der Waals surface area contributed by atoms with E-state index in [9.17, 15) is 9.59 Å². The predicted octanol–water partition coefficient (Wildman–Crippen LogP) is 4.58. The zero-order valence-electron chi connectivity index (χ0n) is 15.7. The Balaban J connectivity index is 1.76.